The van der Waals surface area contributed by atoms with Gasteiger partial charge in [0.05, 0.1) is 13.5 Å². The van der Waals surface area contributed by atoms with E-state index >= 15 is 0 Å². The molecule has 0 atom stereocenters. The third kappa shape index (κ3) is 1.97. The lowest BCUT2D eigenvalue weighted by atomic mass is 10.3. The molecule has 70 valence electrons. The molecule has 0 amide bonds. The first-order valence-corrected chi connectivity index (χ1v) is 4.79. The van der Waals surface area contributed by atoms with Gasteiger partial charge in [0.25, 0.3) is 0 Å². The Hall–Kier alpha value is -0.270. The second kappa shape index (κ2) is 3.85. The summed E-state index contributed by atoms with van der Waals surface area (Å²) in [5.74, 6) is -0.555. The molecule has 0 heterocycles. The number of phenolic OH excluding ortho intramolecular Hbond substituents is 1. The summed E-state index contributed by atoms with van der Waals surface area (Å²) < 4.78 is 0.393. The van der Waals surface area contributed by atoms with Crippen molar-refractivity contribution in [2.75, 3.05) is 0 Å². The number of hydrogen-bond acceptors (Lipinski definition) is 3. The maximum absolute atomic E-state index is 10.4. The minimum atomic E-state index is -0.747. The third-order valence-electron chi connectivity index (χ3n) is 1.31. The predicted octanol–water partition coefficient (Wildman–Crippen LogP) is 3.21. The predicted molar refractivity (Wildman–Crippen MR) is 57.5 cm³/mol. The van der Waals surface area contributed by atoms with Gasteiger partial charge < -0.3 is 5.11 Å². The number of benzene rings is 1. The zero-order chi connectivity index (χ0) is 10.2. The van der Waals surface area contributed by atoms with Crippen LogP contribution in [0.25, 0.3) is 0 Å². The first-order chi connectivity index (χ1) is 5.95. The number of phenols is 1. The lowest BCUT2D eigenvalue weighted by molar-refractivity contribution is -0.385. The van der Waals surface area contributed by atoms with Crippen LogP contribution in [0, 0.1) is 13.7 Å². The fourth-order valence-electron chi connectivity index (χ4n) is 0.712. The van der Waals surface area contributed by atoms with Crippen LogP contribution in [0.4, 0.5) is 5.69 Å². The largest absolute Gasteiger partial charge is 0.501 e. The molecule has 1 rings (SSSR count). The van der Waals surface area contributed by atoms with Gasteiger partial charge >= 0.3 is 5.69 Å². The quantitative estimate of drug-likeness (QED) is 0.371. The molecule has 1 N–H and O–H groups in total. The number of nitro groups is 1. The number of nitro benzene ring substituents is 1. The summed E-state index contributed by atoms with van der Waals surface area (Å²) in [5, 5.41) is 19.7. The van der Waals surface area contributed by atoms with Crippen LogP contribution in [0.5, 0.6) is 5.75 Å². The van der Waals surface area contributed by atoms with Crippen LogP contribution in [0.3, 0.4) is 0 Å². The van der Waals surface area contributed by atoms with Crippen LogP contribution in [-0.2, 0) is 0 Å². The summed E-state index contributed by atoms with van der Waals surface area (Å²) in [6.07, 6.45) is 0. The van der Waals surface area contributed by atoms with Gasteiger partial charge in [0.1, 0.15) is 5.02 Å². The van der Waals surface area contributed by atoms with E-state index in [9.17, 15) is 15.2 Å². The highest BCUT2D eigenvalue weighted by Crippen LogP contribution is 2.40. The van der Waals surface area contributed by atoms with E-state index in [1.165, 1.54) is 0 Å². The molecule has 0 aliphatic carbocycles. The molecular weight excluding hydrogens is 332 g/mol. The van der Waals surface area contributed by atoms with E-state index < -0.39 is 16.4 Å². The van der Waals surface area contributed by atoms with E-state index in [0.717, 1.165) is 6.07 Å². The molecule has 0 saturated carbocycles. The average Bonchev–Trinajstić information content (AvgIpc) is 2.07. The normalized spacial score (nSPS) is 10.1. The highest BCUT2D eigenvalue weighted by atomic mass is 127. The summed E-state index contributed by atoms with van der Waals surface area (Å²) in [6, 6.07) is 1.06. The van der Waals surface area contributed by atoms with Gasteiger partial charge in [0, 0.05) is 6.07 Å². The van der Waals surface area contributed by atoms with Gasteiger partial charge in [-0.1, -0.05) is 23.2 Å². The van der Waals surface area contributed by atoms with E-state index in [2.05, 4.69) is 0 Å². The molecule has 4 nitrogen and oxygen atoms in total. The number of halogens is 3. The van der Waals surface area contributed by atoms with Gasteiger partial charge in [-0.05, 0) is 22.6 Å². The van der Waals surface area contributed by atoms with Crippen molar-refractivity contribution in [2.45, 2.75) is 0 Å². The van der Waals surface area contributed by atoms with Gasteiger partial charge in [-0.3, -0.25) is 10.1 Å². The smallest absolute Gasteiger partial charge is 0.313 e. The molecule has 0 saturated heterocycles. The Balaban J connectivity index is 3.50. The van der Waals surface area contributed by atoms with E-state index in [0.29, 0.717) is 3.57 Å². The lowest BCUT2D eigenvalue weighted by Gasteiger charge is -2.02. The van der Waals surface area contributed by atoms with Gasteiger partial charge in [-0.25, -0.2) is 0 Å². The highest BCUT2D eigenvalue weighted by Gasteiger charge is 2.21. The maximum Gasteiger partial charge on any atom is 0.313 e. The van der Waals surface area contributed by atoms with Crippen LogP contribution >= 0.6 is 45.8 Å². The zero-order valence-corrected chi connectivity index (χ0v) is 9.59. The SMILES string of the molecule is O=[N+]([O-])c1cc(Cl)c(I)c(Cl)c1O. The maximum atomic E-state index is 10.4. The highest BCUT2D eigenvalue weighted by molar-refractivity contribution is 14.1. The van der Waals surface area contributed by atoms with Gasteiger partial charge in [-0.2, -0.15) is 0 Å². The van der Waals surface area contributed by atoms with Crippen molar-refractivity contribution in [3.63, 3.8) is 0 Å². The molecular formula is C6H2Cl2INO3. The first-order valence-electron chi connectivity index (χ1n) is 2.96. The third-order valence-corrected chi connectivity index (χ3v) is 3.74. The second-order valence-electron chi connectivity index (χ2n) is 2.11. The molecule has 0 bridgehead atoms. The molecule has 7 heteroatoms. The molecule has 1 aromatic carbocycles. The molecule has 0 aliphatic heterocycles. The monoisotopic (exact) mass is 333 g/mol. The molecule has 0 radical (unpaired) electrons. The van der Waals surface area contributed by atoms with Crippen molar-refractivity contribution in [3.8, 4) is 5.75 Å². The Kier molecular flexibility index (Phi) is 3.20. The van der Waals surface area contributed by atoms with Crippen LogP contribution in [-0.4, -0.2) is 10.0 Å². The van der Waals surface area contributed by atoms with Crippen molar-refractivity contribution >= 4 is 51.5 Å². The summed E-state index contributed by atoms with van der Waals surface area (Å²) in [6.45, 7) is 0. The minimum absolute atomic E-state index is 0.0974. The van der Waals surface area contributed by atoms with E-state index in [-0.39, 0.29) is 10.0 Å². The van der Waals surface area contributed by atoms with Gasteiger partial charge in [-0.15, -0.1) is 0 Å². The Bertz CT molecular complexity index is 383. The summed E-state index contributed by atoms with van der Waals surface area (Å²) in [5.41, 5.74) is -0.490. The van der Waals surface area contributed by atoms with Crippen molar-refractivity contribution in [1.82, 2.24) is 0 Å². The van der Waals surface area contributed by atoms with Crippen molar-refractivity contribution in [1.29, 1.82) is 0 Å². The summed E-state index contributed by atoms with van der Waals surface area (Å²) >= 11 is 13.0. The average molecular weight is 334 g/mol. The number of hydrogen-bond donors (Lipinski definition) is 1. The standard InChI is InChI=1S/C6H2Cl2INO3/c7-2-1-3(10(12)13)6(11)4(8)5(2)9/h1,11H. The molecule has 0 aromatic heterocycles. The van der Waals surface area contributed by atoms with Crippen molar-refractivity contribution in [3.05, 3.63) is 29.8 Å². The van der Waals surface area contributed by atoms with E-state index in [1.807, 2.05) is 0 Å². The Morgan fingerprint density at radius 1 is 1.54 bits per heavy atom. The number of aromatic hydroxyl groups is 1. The van der Waals surface area contributed by atoms with Gasteiger partial charge in [0.2, 0.25) is 5.75 Å². The molecule has 0 unspecified atom stereocenters. The first kappa shape index (κ1) is 10.8. The fraction of sp³-hybridized carbons (Fsp3) is 0. The zero-order valence-electron chi connectivity index (χ0n) is 5.92. The van der Waals surface area contributed by atoms with Crippen LogP contribution in [0.2, 0.25) is 10.0 Å². The Morgan fingerprint density at radius 2 is 2.08 bits per heavy atom. The molecule has 1 aromatic rings. The minimum Gasteiger partial charge on any atom is -0.501 e. The number of rotatable bonds is 1. The van der Waals surface area contributed by atoms with Gasteiger partial charge in [0.15, 0.2) is 0 Å². The van der Waals surface area contributed by atoms with Crippen molar-refractivity contribution in [2.24, 2.45) is 0 Å². The Labute approximate surface area is 96.7 Å². The Morgan fingerprint density at radius 3 is 2.54 bits per heavy atom. The topological polar surface area (TPSA) is 63.4 Å². The van der Waals surface area contributed by atoms with Crippen LogP contribution in [0.15, 0.2) is 6.07 Å². The lowest BCUT2D eigenvalue weighted by Crippen LogP contribution is -1.91. The summed E-state index contributed by atoms with van der Waals surface area (Å²) in [7, 11) is 0. The molecule has 0 fully saturated rings. The van der Waals surface area contributed by atoms with E-state index in [1.54, 1.807) is 22.6 Å². The van der Waals surface area contributed by atoms with Crippen LogP contribution in [0.1, 0.15) is 0 Å². The van der Waals surface area contributed by atoms with Crippen LogP contribution < -0.4 is 0 Å². The summed E-state index contributed by atoms with van der Waals surface area (Å²) in [4.78, 5) is 9.62. The van der Waals surface area contributed by atoms with E-state index in [4.69, 9.17) is 23.2 Å². The second-order valence-corrected chi connectivity index (χ2v) is 3.98. The molecule has 13 heavy (non-hydrogen) atoms. The molecule has 0 spiro atoms. The molecule has 0 aliphatic rings. The van der Waals surface area contributed by atoms with Crippen molar-refractivity contribution < 1.29 is 10.0 Å². The number of nitrogens with zero attached hydrogens (tertiary/aromatic N) is 1. The fourth-order valence-corrected chi connectivity index (χ4v) is 1.57.